The van der Waals surface area contributed by atoms with Crippen LogP contribution >= 0.6 is 0 Å². The van der Waals surface area contributed by atoms with E-state index >= 15 is 0 Å². The van der Waals surface area contributed by atoms with E-state index in [9.17, 15) is 9.18 Å². The van der Waals surface area contributed by atoms with Crippen LogP contribution in [-0.4, -0.2) is 12.5 Å². The molecule has 0 aliphatic rings. The Morgan fingerprint density at radius 2 is 2.00 bits per heavy atom. The largest absolute Gasteiger partial charge is 0.377 e. The molecular weight excluding hydrogens is 269 g/mol. The molecule has 0 saturated heterocycles. The Labute approximate surface area is 123 Å². The fourth-order valence-corrected chi connectivity index (χ4v) is 2.05. The first kappa shape index (κ1) is 15.2. The summed E-state index contributed by atoms with van der Waals surface area (Å²) in [6.07, 6.45) is 0. The number of anilines is 1. The summed E-state index contributed by atoms with van der Waals surface area (Å²) in [7, 11) is 0. The van der Waals surface area contributed by atoms with Crippen LogP contribution in [0.4, 0.5) is 10.1 Å². The van der Waals surface area contributed by atoms with Gasteiger partial charge in [-0.2, -0.15) is 0 Å². The highest BCUT2D eigenvalue weighted by atomic mass is 19.1. The van der Waals surface area contributed by atoms with Gasteiger partial charge in [0.1, 0.15) is 5.82 Å². The zero-order chi connectivity index (χ0) is 15.2. The third-order valence-electron chi connectivity index (χ3n) is 3.16. The minimum atomic E-state index is -0.346. The number of nitrogens with one attached hydrogen (secondary N) is 1. The van der Waals surface area contributed by atoms with E-state index in [0.29, 0.717) is 30.0 Å². The molecule has 3 nitrogen and oxygen atoms in total. The Balaban J connectivity index is 2.19. The average Bonchev–Trinajstić information content (AvgIpc) is 2.46. The van der Waals surface area contributed by atoms with Crippen molar-refractivity contribution in [3.05, 3.63) is 65.0 Å². The average molecular weight is 287 g/mol. The van der Waals surface area contributed by atoms with Gasteiger partial charge in [-0.1, -0.05) is 18.2 Å². The third kappa shape index (κ3) is 3.89. The topological polar surface area (TPSA) is 38.3 Å². The van der Waals surface area contributed by atoms with Crippen molar-refractivity contribution in [2.45, 2.75) is 20.5 Å². The maximum atomic E-state index is 13.1. The molecule has 0 bridgehead atoms. The minimum Gasteiger partial charge on any atom is -0.377 e. The maximum Gasteiger partial charge on any atom is 0.255 e. The first-order valence-corrected chi connectivity index (χ1v) is 6.85. The van der Waals surface area contributed by atoms with Gasteiger partial charge in [-0.25, -0.2) is 4.39 Å². The van der Waals surface area contributed by atoms with E-state index in [1.807, 2.05) is 31.2 Å². The van der Waals surface area contributed by atoms with Crippen LogP contribution in [0.1, 0.15) is 28.4 Å². The van der Waals surface area contributed by atoms with Crippen molar-refractivity contribution in [3.8, 4) is 0 Å². The fourth-order valence-electron chi connectivity index (χ4n) is 2.05. The number of amides is 1. The van der Waals surface area contributed by atoms with E-state index in [1.165, 1.54) is 18.2 Å². The second-order valence-electron chi connectivity index (χ2n) is 4.71. The Bertz CT molecular complexity index is 640. The summed E-state index contributed by atoms with van der Waals surface area (Å²) in [6.45, 7) is 4.68. The molecule has 4 heteroatoms. The number of para-hydroxylation sites is 1. The minimum absolute atomic E-state index is 0.253. The van der Waals surface area contributed by atoms with E-state index in [-0.39, 0.29) is 11.7 Å². The zero-order valence-corrected chi connectivity index (χ0v) is 12.2. The first-order chi connectivity index (χ1) is 10.1. The SMILES string of the molecule is CCOCc1ccccc1NC(=O)c1ccc(F)cc1C. The highest BCUT2D eigenvalue weighted by Gasteiger charge is 2.11. The molecule has 2 aromatic carbocycles. The van der Waals surface area contributed by atoms with Crippen molar-refractivity contribution in [1.29, 1.82) is 0 Å². The second kappa shape index (κ2) is 6.99. The summed E-state index contributed by atoms with van der Waals surface area (Å²) in [5, 5.41) is 2.85. The van der Waals surface area contributed by atoms with Gasteiger partial charge in [0.25, 0.3) is 5.91 Å². The van der Waals surface area contributed by atoms with Crippen molar-refractivity contribution in [2.75, 3.05) is 11.9 Å². The molecular formula is C17H18FNO2. The maximum absolute atomic E-state index is 13.1. The van der Waals surface area contributed by atoms with Gasteiger partial charge in [-0.3, -0.25) is 4.79 Å². The van der Waals surface area contributed by atoms with Crippen molar-refractivity contribution < 1.29 is 13.9 Å². The molecule has 2 rings (SSSR count). The predicted molar refractivity (Wildman–Crippen MR) is 80.9 cm³/mol. The lowest BCUT2D eigenvalue weighted by atomic mass is 10.1. The normalized spacial score (nSPS) is 10.4. The summed E-state index contributed by atoms with van der Waals surface area (Å²) in [5.41, 5.74) is 2.68. The smallest absolute Gasteiger partial charge is 0.255 e. The molecule has 0 unspecified atom stereocenters. The van der Waals surface area contributed by atoms with E-state index in [1.54, 1.807) is 6.92 Å². The van der Waals surface area contributed by atoms with Crippen LogP contribution in [0.15, 0.2) is 42.5 Å². The number of hydrogen-bond acceptors (Lipinski definition) is 2. The molecule has 0 saturated carbocycles. The van der Waals surface area contributed by atoms with E-state index in [2.05, 4.69) is 5.32 Å². The van der Waals surface area contributed by atoms with Gasteiger partial charge in [-0.15, -0.1) is 0 Å². The Kier molecular flexibility index (Phi) is 5.06. The number of carbonyl (C=O) groups excluding carboxylic acids is 1. The monoisotopic (exact) mass is 287 g/mol. The van der Waals surface area contributed by atoms with E-state index in [0.717, 1.165) is 5.56 Å². The first-order valence-electron chi connectivity index (χ1n) is 6.85. The summed E-state index contributed by atoms with van der Waals surface area (Å²) in [5.74, 6) is -0.600. The van der Waals surface area contributed by atoms with Gasteiger partial charge in [-0.05, 0) is 43.7 Å². The van der Waals surface area contributed by atoms with Crippen molar-refractivity contribution >= 4 is 11.6 Å². The quantitative estimate of drug-likeness (QED) is 0.905. The fraction of sp³-hybridized carbons (Fsp3) is 0.235. The molecule has 1 amide bonds. The van der Waals surface area contributed by atoms with Crippen molar-refractivity contribution in [3.63, 3.8) is 0 Å². The number of hydrogen-bond donors (Lipinski definition) is 1. The van der Waals surface area contributed by atoms with E-state index in [4.69, 9.17) is 4.74 Å². The number of benzene rings is 2. The summed E-state index contributed by atoms with van der Waals surface area (Å²) in [4.78, 5) is 12.3. The highest BCUT2D eigenvalue weighted by Crippen LogP contribution is 2.18. The lowest BCUT2D eigenvalue weighted by Gasteiger charge is -2.12. The van der Waals surface area contributed by atoms with Crippen LogP contribution in [0.25, 0.3) is 0 Å². The molecule has 0 aromatic heterocycles. The van der Waals surface area contributed by atoms with Crippen LogP contribution in [0.2, 0.25) is 0 Å². The van der Waals surface area contributed by atoms with Crippen molar-refractivity contribution in [2.24, 2.45) is 0 Å². The second-order valence-corrected chi connectivity index (χ2v) is 4.71. The summed E-state index contributed by atoms with van der Waals surface area (Å²) < 4.78 is 18.5. The standard InChI is InChI=1S/C17H18FNO2/c1-3-21-11-13-6-4-5-7-16(13)19-17(20)15-9-8-14(18)10-12(15)2/h4-10H,3,11H2,1-2H3,(H,19,20). The lowest BCUT2D eigenvalue weighted by Crippen LogP contribution is -2.15. The number of aryl methyl sites for hydroxylation is 1. The molecule has 0 aliphatic heterocycles. The molecule has 0 radical (unpaired) electrons. The molecule has 0 atom stereocenters. The number of rotatable bonds is 5. The number of ether oxygens (including phenoxy) is 1. The molecule has 21 heavy (non-hydrogen) atoms. The van der Waals surface area contributed by atoms with Gasteiger partial charge in [0, 0.05) is 23.4 Å². The number of halogens is 1. The van der Waals surface area contributed by atoms with Gasteiger partial charge in [0.2, 0.25) is 0 Å². The molecule has 0 fully saturated rings. The zero-order valence-electron chi connectivity index (χ0n) is 12.2. The molecule has 1 N–H and O–H groups in total. The molecule has 0 aliphatic carbocycles. The van der Waals surface area contributed by atoms with Crippen LogP contribution < -0.4 is 5.32 Å². The van der Waals surface area contributed by atoms with Crippen LogP contribution in [-0.2, 0) is 11.3 Å². The Hall–Kier alpha value is -2.20. The number of carbonyl (C=O) groups is 1. The summed E-state index contributed by atoms with van der Waals surface area (Å²) >= 11 is 0. The van der Waals surface area contributed by atoms with Crippen LogP contribution in [0, 0.1) is 12.7 Å². The summed E-state index contributed by atoms with van der Waals surface area (Å²) in [6, 6.07) is 11.6. The van der Waals surface area contributed by atoms with Gasteiger partial charge in [0.15, 0.2) is 0 Å². The molecule has 0 heterocycles. The van der Waals surface area contributed by atoms with Gasteiger partial charge < -0.3 is 10.1 Å². The van der Waals surface area contributed by atoms with Gasteiger partial charge in [0.05, 0.1) is 6.61 Å². The molecule has 110 valence electrons. The Morgan fingerprint density at radius 1 is 1.24 bits per heavy atom. The van der Waals surface area contributed by atoms with E-state index < -0.39 is 0 Å². The lowest BCUT2D eigenvalue weighted by molar-refractivity contribution is 0.102. The predicted octanol–water partition coefficient (Wildman–Crippen LogP) is 3.92. The third-order valence-corrected chi connectivity index (χ3v) is 3.16. The molecule has 2 aromatic rings. The van der Waals surface area contributed by atoms with Crippen LogP contribution in [0.3, 0.4) is 0 Å². The van der Waals surface area contributed by atoms with Crippen LogP contribution in [0.5, 0.6) is 0 Å². The van der Waals surface area contributed by atoms with Crippen molar-refractivity contribution in [1.82, 2.24) is 0 Å². The Morgan fingerprint density at radius 3 is 2.71 bits per heavy atom. The highest BCUT2D eigenvalue weighted by molar-refractivity contribution is 6.05. The van der Waals surface area contributed by atoms with Gasteiger partial charge >= 0.3 is 0 Å². The molecule has 0 spiro atoms.